The maximum absolute atomic E-state index is 14.4. The average Bonchev–Trinajstić information content (AvgIpc) is 3.61. The smallest absolute Gasteiger partial charge is 0.239 e. The molecule has 0 aliphatic carbocycles. The number of aliphatic imine (C=N–C) groups is 1. The second-order valence-corrected chi connectivity index (χ2v) is 13.9. The van der Waals surface area contributed by atoms with Crippen LogP contribution in [0.2, 0.25) is 10.0 Å². The van der Waals surface area contributed by atoms with E-state index in [2.05, 4.69) is 15.6 Å². The molecule has 2 N–H and O–H groups in total. The molecule has 252 valence electrons. The lowest BCUT2D eigenvalue weighted by Crippen LogP contribution is -2.41. The molecule has 0 saturated carbocycles. The van der Waals surface area contributed by atoms with Crippen molar-refractivity contribution in [1.29, 1.82) is 0 Å². The number of fused-ring (bicyclic) bond motifs is 3. The van der Waals surface area contributed by atoms with Gasteiger partial charge in [0.05, 0.1) is 54.7 Å². The van der Waals surface area contributed by atoms with Crippen molar-refractivity contribution in [2.24, 2.45) is 4.99 Å². The maximum atomic E-state index is 14.4. The highest BCUT2D eigenvalue weighted by Gasteiger charge is 2.41. The third kappa shape index (κ3) is 7.37. The second kappa shape index (κ2) is 15.1. The summed E-state index contributed by atoms with van der Waals surface area (Å²) < 4.78 is 41.5. The Hall–Kier alpha value is -3.96. The Bertz CT molecular complexity index is 1950. The third-order valence-electron chi connectivity index (χ3n) is 8.26. The van der Waals surface area contributed by atoms with Gasteiger partial charge in [0.25, 0.3) is 0 Å². The number of hydrogen-bond donors (Lipinski definition) is 2. The Morgan fingerprint density at radius 3 is 2.42 bits per heavy atom. The molecule has 2 heterocycles. The number of nitrogens with one attached hydrogen (secondary N) is 2. The summed E-state index contributed by atoms with van der Waals surface area (Å²) in [6.45, 7) is 1.99. The van der Waals surface area contributed by atoms with Gasteiger partial charge in [0.15, 0.2) is 0 Å². The monoisotopic (exact) mass is 728 g/mol. The summed E-state index contributed by atoms with van der Waals surface area (Å²) in [5, 5.41) is 6.86. The Kier molecular flexibility index (Phi) is 11.1. The number of ether oxygens (including phenoxy) is 2. The van der Waals surface area contributed by atoms with Crippen LogP contribution in [-0.2, 0) is 27.0 Å². The van der Waals surface area contributed by atoms with Crippen LogP contribution in [-0.4, -0.2) is 54.0 Å². The lowest BCUT2D eigenvalue weighted by Gasteiger charge is -2.39. The first kappa shape index (κ1) is 35.3. The zero-order valence-corrected chi connectivity index (χ0v) is 29.5. The van der Waals surface area contributed by atoms with Crippen LogP contribution < -0.4 is 24.4 Å². The van der Waals surface area contributed by atoms with Gasteiger partial charge in [0.2, 0.25) is 15.9 Å². The minimum atomic E-state index is -4.08. The number of carbonyl (C=O) groups is 1. The zero-order chi connectivity index (χ0) is 33.1. The average molecular weight is 730 g/mol. The molecule has 13 heteroatoms. The van der Waals surface area contributed by atoms with E-state index >= 15 is 0 Å². The van der Waals surface area contributed by atoms with E-state index in [-0.39, 0.29) is 35.5 Å². The predicted octanol–water partition coefficient (Wildman–Crippen LogP) is 6.59. The summed E-state index contributed by atoms with van der Waals surface area (Å²) in [7, 11) is -0.992. The van der Waals surface area contributed by atoms with Gasteiger partial charge in [-0.2, -0.15) is 0 Å². The van der Waals surface area contributed by atoms with E-state index in [0.29, 0.717) is 57.4 Å². The summed E-state index contributed by atoms with van der Waals surface area (Å²) in [6.07, 6.45) is 0.472. The molecule has 0 spiro atoms. The first-order valence-corrected chi connectivity index (χ1v) is 17.5. The molecule has 0 saturated heterocycles. The molecule has 0 aromatic heterocycles. The van der Waals surface area contributed by atoms with Gasteiger partial charge in [0.1, 0.15) is 17.3 Å². The van der Waals surface area contributed by atoms with Gasteiger partial charge in [-0.3, -0.25) is 14.1 Å². The normalized spacial score (nSPS) is 15.0. The molecule has 48 heavy (non-hydrogen) atoms. The predicted molar refractivity (Wildman–Crippen MR) is 194 cm³/mol. The summed E-state index contributed by atoms with van der Waals surface area (Å²) in [6, 6.07) is 22.7. The fourth-order valence-electron chi connectivity index (χ4n) is 6.07. The number of hydrogen-bond acceptors (Lipinski definition) is 7. The van der Waals surface area contributed by atoms with Crippen LogP contribution in [0.5, 0.6) is 11.5 Å². The van der Waals surface area contributed by atoms with E-state index in [1.807, 2.05) is 36.4 Å². The van der Waals surface area contributed by atoms with Crippen molar-refractivity contribution in [3.8, 4) is 22.6 Å². The summed E-state index contributed by atoms with van der Waals surface area (Å²) in [5.74, 6) is 1.24. The van der Waals surface area contributed by atoms with Crippen molar-refractivity contribution in [1.82, 2.24) is 10.6 Å². The van der Waals surface area contributed by atoms with Crippen molar-refractivity contribution in [2.75, 3.05) is 38.2 Å². The molecule has 0 radical (unpaired) electrons. The van der Waals surface area contributed by atoms with Gasteiger partial charge in [-0.05, 0) is 47.4 Å². The van der Waals surface area contributed by atoms with Gasteiger partial charge >= 0.3 is 0 Å². The Morgan fingerprint density at radius 2 is 1.73 bits per heavy atom. The number of halogens is 3. The second-order valence-electron chi connectivity index (χ2n) is 11.3. The molecular formula is C35H35Cl3N4O5S. The first-order valence-electron chi connectivity index (χ1n) is 15.1. The van der Waals surface area contributed by atoms with E-state index in [1.165, 1.54) is 11.4 Å². The van der Waals surface area contributed by atoms with Crippen LogP contribution in [0, 0.1) is 0 Å². The molecule has 2 aliphatic rings. The molecule has 6 rings (SSSR count). The highest BCUT2D eigenvalue weighted by atomic mass is 35.5. The van der Waals surface area contributed by atoms with Crippen LogP contribution in [0.15, 0.2) is 83.9 Å². The Morgan fingerprint density at radius 1 is 0.979 bits per heavy atom. The third-order valence-corrected chi connectivity index (χ3v) is 10.8. The van der Waals surface area contributed by atoms with E-state index < -0.39 is 16.1 Å². The minimum Gasteiger partial charge on any atom is -0.497 e. The number of sulfonamides is 1. The molecule has 2 aliphatic heterocycles. The number of para-hydroxylation sites is 1. The highest BCUT2D eigenvalue weighted by molar-refractivity contribution is 7.92. The number of amidine groups is 1. The molecule has 1 atom stereocenters. The van der Waals surface area contributed by atoms with Gasteiger partial charge in [0, 0.05) is 35.8 Å². The molecule has 1 unspecified atom stereocenters. The molecule has 1 amide bonds. The van der Waals surface area contributed by atoms with Crippen molar-refractivity contribution >= 4 is 63.1 Å². The van der Waals surface area contributed by atoms with Crippen LogP contribution in [0.1, 0.15) is 34.7 Å². The van der Waals surface area contributed by atoms with Gasteiger partial charge in [-0.1, -0.05) is 71.7 Å². The minimum absolute atomic E-state index is 0. The Balaban J connectivity index is 0.00000451. The van der Waals surface area contributed by atoms with Gasteiger partial charge in [-0.25, -0.2) is 8.42 Å². The lowest BCUT2D eigenvalue weighted by molar-refractivity contribution is -0.121. The van der Waals surface area contributed by atoms with Crippen LogP contribution in [0.25, 0.3) is 11.1 Å². The van der Waals surface area contributed by atoms with Crippen molar-refractivity contribution in [3.63, 3.8) is 0 Å². The van der Waals surface area contributed by atoms with E-state index in [1.54, 1.807) is 49.6 Å². The molecule has 9 nitrogen and oxygen atoms in total. The number of rotatable bonds is 11. The molecular weight excluding hydrogens is 695 g/mol. The zero-order valence-electron chi connectivity index (χ0n) is 26.3. The number of carbonyl (C=O) groups excluding carboxylic acids is 1. The topological polar surface area (TPSA) is 109 Å². The number of benzene rings is 4. The number of methoxy groups -OCH3 is 2. The molecule has 4 aromatic rings. The van der Waals surface area contributed by atoms with Gasteiger partial charge < -0.3 is 20.1 Å². The van der Waals surface area contributed by atoms with Crippen LogP contribution in [0.4, 0.5) is 5.69 Å². The van der Waals surface area contributed by atoms with Gasteiger partial charge in [-0.15, -0.1) is 12.4 Å². The number of amides is 1. The van der Waals surface area contributed by atoms with E-state index in [9.17, 15) is 13.2 Å². The van der Waals surface area contributed by atoms with Crippen molar-refractivity contribution in [2.45, 2.75) is 24.6 Å². The van der Waals surface area contributed by atoms with E-state index in [4.69, 9.17) is 32.7 Å². The fourth-order valence-corrected chi connectivity index (χ4v) is 8.17. The summed E-state index contributed by atoms with van der Waals surface area (Å²) in [5.41, 5.74) is 4.98. The number of nitrogens with zero attached hydrogens (tertiary/aromatic N) is 2. The van der Waals surface area contributed by atoms with Crippen LogP contribution in [0.3, 0.4) is 0 Å². The first-order chi connectivity index (χ1) is 22.7. The quantitative estimate of drug-likeness (QED) is 0.180. The number of anilines is 1. The molecule has 0 fully saturated rings. The SMILES string of the molecule is COc1cc(OC)c2c(c1)C(CC(=O)NCCc1ccc(C3=NCCN3)cc1)N(S(=O)(=O)Cc1ccc(Cl)c(Cl)c1)c1ccccc1-2.Cl. The Labute approximate surface area is 296 Å². The van der Waals surface area contributed by atoms with Crippen LogP contribution >= 0.6 is 35.6 Å². The maximum Gasteiger partial charge on any atom is 0.239 e. The molecule has 4 aromatic carbocycles. The largest absolute Gasteiger partial charge is 0.497 e. The standard InChI is InChI=1S/C35H34Cl2N4O5S.ClH/c1-45-25-18-27-31(20-33(42)38-14-13-22-7-10-24(11-8-22)35-39-15-16-40-35)41(47(43,44)21-23-9-12-28(36)29(37)17-23)30-6-4-3-5-26(30)34(27)32(19-25)46-2;/h3-12,17-19,31H,13-16,20-21H2,1-2H3,(H,38,42)(H,39,40);1H. The fraction of sp³-hybridized carbons (Fsp3) is 0.257. The summed E-state index contributed by atoms with van der Waals surface area (Å²) >= 11 is 12.4. The lowest BCUT2D eigenvalue weighted by atomic mass is 9.87. The molecule has 0 bridgehead atoms. The summed E-state index contributed by atoms with van der Waals surface area (Å²) in [4.78, 5) is 18.1. The highest BCUT2D eigenvalue weighted by Crippen LogP contribution is 2.52. The van der Waals surface area contributed by atoms with Crippen molar-refractivity contribution < 1.29 is 22.7 Å². The van der Waals surface area contributed by atoms with Crippen molar-refractivity contribution in [3.05, 3.63) is 111 Å². The van der Waals surface area contributed by atoms with E-state index in [0.717, 1.165) is 30.1 Å².